The van der Waals surface area contributed by atoms with Gasteiger partial charge >= 0.3 is 0 Å². The van der Waals surface area contributed by atoms with Crippen molar-refractivity contribution >= 4 is 5.91 Å². The molecule has 0 bridgehead atoms. The van der Waals surface area contributed by atoms with E-state index in [-0.39, 0.29) is 18.1 Å². The van der Waals surface area contributed by atoms with Crippen molar-refractivity contribution in [3.05, 3.63) is 34.9 Å². The van der Waals surface area contributed by atoms with Crippen LogP contribution in [0.2, 0.25) is 0 Å². The average Bonchev–Trinajstić information content (AvgIpc) is 3.25. The van der Waals surface area contributed by atoms with Crippen LogP contribution in [0.3, 0.4) is 0 Å². The highest BCUT2D eigenvalue weighted by Crippen LogP contribution is 2.39. The molecule has 1 saturated carbocycles. The summed E-state index contributed by atoms with van der Waals surface area (Å²) in [6, 6.07) is 5.56. The highest BCUT2D eigenvalue weighted by Gasteiger charge is 2.38. The summed E-state index contributed by atoms with van der Waals surface area (Å²) in [5.74, 6) is 6.50. The summed E-state index contributed by atoms with van der Waals surface area (Å²) in [4.78, 5) is 12.3. The minimum Gasteiger partial charge on any atom is -0.395 e. The minimum atomic E-state index is -0.134. The third-order valence-electron chi connectivity index (χ3n) is 3.98. The number of amides is 1. The maximum atomic E-state index is 12.3. The summed E-state index contributed by atoms with van der Waals surface area (Å²) >= 11 is 0. The zero-order valence-electron chi connectivity index (χ0n) is 13.0. The van der Waals surface area contributed by atoms with Crippen LogP contribution >= 0.6 is 0 Å². The van der Waals surface area contributed by atoms with Crippen LogP contribution in [-0.4, -0.2) is 23.2 Å². The van der Waals surface area contributed by atoms with Crippen LogP contribution in [0.1, 0.15) is 54.6 Å². The molecule has 0 heterocycles. The second kappa shape index (κ2) is 6.32. The predicted octanol–water partition coefficient (Wildman–Crippen LogP) is 2.65. The zero-order valence-corrected chi connectivity index (χ0v) is 13.0. The summed E-state index contributed by atoms with van der Waals surface area (Å²) in [5.41, 5.74) is 2.43. The van der Waals surface area contributed by atoms with Crippen LogP contribution in [0.15, 0.2) is 18.2 Å². The molecule has 0 atom stereocenters. The van der Waals surface area contributed by atoms with Gasteiger partial charge in [0.1, 0.15) is 0 Å². The van der Waals surface area contributed by atoms with E-state index in [0.29, 0.717) is 17.9 Å². The molecule has 0 unspecified atom stereocenters. The van der Waals surface area contributed by atoms with Gasteiger partial charge in [-0.15, -0.1) is 0 Å². The van der Waals surface area contributed by atoms with Gasteiger partial charge in [-0.2, -0.15) is 0 Å². The Morgan fingerprint density at radius 2 is 2.14 bits per heavy atom. The molecular formula is C18H23NO2. The molecular weight excluding hydrogens is 262 g/mol. The van der Waals surface area contributed by atoms with E-state index in [1.807, 2.05) is 25.1 Å². The van der Waals surface area contributed by atoms with Gasteiger partial charge in [0.2, 0.25) is 0 Å². The SMILES string of the molecule is Cc1cc(C(=O)NC(C)(C)C2CC2)ccc1C#CCCO. The summed E-state index contributed by atoms with van der Waals surface area (Å²) < 4.78 is 0. The standard InChI is InChI=1S/C18H23NO2/c1-13-12-15(8-7-14(13)6-4-5-11-20)17(21)19-18(2,3)16-9-10-16/h7-8,12,16,20H,5,9-11H2,1-3H3,(H,19,21). The number of benzene rings is 1. The van der Waals surface area contributed by atoms with E-state index in [0.717, 1.165) is 11.1 Å². The zero-order chi connectivity index (χ0) is 15.5. The van der Waals surface area contributed by atoms with E-state index in [2.05, 4.69) is 31.0 Å². The highest BCUT2D eigenvalue weighted by molar-refractivity contribution is 5.95. The highest BCUT2D eigenvalue weighted by atomic mass is 16.2. The Kier molecular flexibility index (Phi) is 4.69. The van der Waals surface area contributed by atoms with E-state index in [4.69, 9.17) is 5.11 Å². The monoisotopic (exact) mass is 285 g/mol. The van der Waals surface area contributed by atoms with Crippen LogP contribution in [0.25, 0.3) is 0 Å². The number of aliphatic hydroxyl groups is 1. The maximum Gasteiger partial charge on any atom is 0.251 e. The summed E-state index contributed by atoms with van der Waals surface area (Å²) in [5, 5.41) is 11.9. The fraction of sp³-hybridized carbons (Fsp3) is 0.500. The average molecular weight is 285 g/mol. The normalized spacial score (nSPS) is 14.3. The maximum absolute atomic E-state index is 12.3. The molecule has 1 aliphatic rings. The lowest BCUT2D eigenvalue weighted by molar-refractivity contribution is 0.0903. The molecule has 0 spiro atoms. The second-order valence-corrected chi connectivity index (χ2v) is 6.26. The first kappa shape index (κ1) is 15.6. The largest absolute Gasteiger partial charge is 0.395 e. The number of hydrogen-bond donors (Lipinski definition) is 2. The number of hydrogen-bond acceptors (Lipinski definition) is 2. The number of carbonyl (C=O) groups excluding carboxylic acids is 1. The van der Waals surface area contributed by atoms with Gasteiger partial charge in [0.25, 0.3) is 5.91 Å². The van der Waals surface area contributed by atoms with Crippen molar-refractivity contribution in [3.8, 4) is 11.8 Å². The van der Waals surface area contributed by atoms with Crippen molar-refractivity contribution < 1.29 is 9.90 Å². The molecule has 0 saturated heterocycles. The smallest absolute Gasteiger partial charge is 0.251 e. The summed E-state index contributed by atoms with van der Waals surface area (Å²) in [7, 11) is 0. The molecule has 1 aromatic carbocycles. The van der Waals surface area contributed by atoms with Crippen LogP contribution in [0, 0.1) is 24.7 Å². The molecule has 0 aliphatic heterocycles. The van der Waals surface area contributed by atoms with Crippen LogP contribution in [0.5, 0.6) is 0 Å². The first-order valence-corrected chi connectivity index (χ1v) is 7.47. The minimum absolute atomic E-state index is 0.0233. The molecule has 3 heteroatoms. The van der Waals surface area contributed by atoms with Gasteiger partial charge in [0.05, 0.1) is 6.61 Å². The predicted molar refractivity (Wildman–Crippen MR) is 84.0 cm³/mol. The lowest BCUT2D eigenvalue weighted by atomic mass is 9.97. The van der Waals surface area contributed by atoms with Gasteiger partial charge in [0, 0.05) is 23.1 Å². The topological polar surface area (TPSA) is 49.3 Å². The van der Waals surface area contributed by atoms with Gasteiger partial charge in [0.15, 0.2) is 0 Å². The fourth-order valence-corrected chi connectivity index (χ4v) is 2.43. The third-order valence-corrected chi connectivity index (χ3v) is 3.98. The molecule has 0 radical (unpaired) electrons. The number of nitrogens with one attached hydrogen (secondary N) is 1. The first-order valence-electron chi connectivity index (χ1n) is 7.47. The van der Waals surface area contributed by atoms with Crippen LogP contribution in [0.4, 0.5) is 0 Å². The molecule has 2 N–H and O–H groups in total. The van der Waals surface area contributed by atoms with Crippen molar-refractivity contribution in [1.82, 2.24) is 5.32 Å². The number of aryl methyl sites for hydroxylation is 1. The van der Waals surface area contributed by atoms with E-state index < -0.39 is 0 Å². The third kappa shape index (κ3) is 4.09. The Labute approximate surface area is 126 Å². The summed E-state index contributed by atoms with van der Waals surface area (Å²) in [6.07, 6.45) is 2.87. The fourth-order valence-electron chi connectivity index (χ4n) is 2.43. The van der Waals surface area contributed by atoms with Crippen molar-refractivity contribution in [2.75, 3.05) is 6.61 Å². The van der Waals surface area contributed by atoms with Crippen LogP contribution in [-0.2, 0) is 0 Å². The van der Waals surface area contributed by atoms with Gasteiger partial charge < -0.3 is 10.4 Å². The Hall–Kier alpha value is -1.79. The van der Waals surface area contributed by atoms with Crippen molar-refractivity contribution in [2.45, 2.75) is 45.6 Å². The number of aliphatic hydroxyl groups excluding tert-OH is 1. The molecule has 1 amide bonds. The number of carbonyl (C=O) groups is 1. The van der Waals surface area contributed by atoms with Crippen molar-refractivity contribution in [3.63, 3.8) is 0 Å². The Morgan fingerprint density at radius 3 is 2.71 bits per heavy atom. The van der Waals surface area contributed by atoms with Gasteiger partial charge in [-0.1, -0.05) is 11.8 Å². The Balaban J connectivity index is 2.09. The molecule has 1 fully saturated rings. The summed E-state index contributed by atoms with van der Waals surface area (Å²) in [6.45, 7) is 6.20. The molecule has 112 valence electrons. The molecule has 3 nitrogen and oxygen atoms in total. The molecule has 2 rings (SSSR count). The van der Waals surface area contributed by atoms with E-state index in [9.17, 15) is 4.79 Å². The van der Waals surface area contributed by atoms with Crippen molar-refractivity contribution in [1.29, 1.82) is 0 Å². The van der Waals surface area contributed by atoms with Gasteiger partial charge in [-0.05, 0) is 63.3 Å². The van der Waals surface area contributed by atoms with Gasteiger partial charge in [-0.3, -0.25) is 4.79 Å². The van der Waals surface area contributed by atoms with E-state index in [1.54, 1.807) is 0 Å². The quantitative estimate of drug-likeness (QED) is 0.836. The molecule has 0 aromatic heterocycles. The molecule has 1 aliphatic carbocycles. The second-order valence-electron chi connectivity index (χ2n) is 6.26. The lowest BCUT2D eigenvalue weighted by Gasteiger charge is -2.26. The van der Waals surface area contributed by atoms with Crippen LogP contribution < -0.4 is 5.32 Å². The molecule has 1 aromatic rings. The van der Waals surface area contributed by atoms with Gasteiger partial charge in [-0.25, -0.2) is 0 Å². The number of rotatable bonds is 4. The van der Waals surface area contributed by atoms with E-state index >= 15 is 0 Å². The lowest BCUT2D eigenvalue weighted by Crippen LogP contribution is -2.45. The van der Waals surface area contributed by atoms with E-state index in [1.165, 1.54) is 12.8 Å². The first-order chi connectivity index (χ1) is 9.94. The Bertz CT molecular complexity index is 589. The van der Waals surface area contributed by atoms with Crippen molar-refractivity contribution in [2.24, 2.45) is 5.92 Å². The Morgan fingerprint density at radius 1 is 1.43 bits per heavy atom. The molecule has 21 heavy (non-hydrogen) atoms.